The first-order valence-corrected chi connectivity index (χ1v) is 4.97. The van der Waals surface area contributed by atoms with Gasteiger partial charge in [-0.15, -0.1) is 0 Å². The van der Waals surface area contributed by atoms with Crippen LogP contribution in [0.3, 0.4) is 0 Å². The second kappa shape index (κ2) is 4.74. The maximum atomic E-state index is 11.7. The van der Waals surface area contributed by atoms with Crippen molar-refractivity contribution in [2.24, 2.45) is 5.92 Å². The molecule has 0 aliphatic carbocycles. The van der Waals surface area contributed by atoms with Crippen molar-refractivity contribution in [3.05, 3.63) is 33.9 Å². The second-order valence-electron chi connectivity index (χ2n) is 3.76. The molecule has 1 rings (SSSR count). The average Bonchev–Trinajstić information content (AvgIpc) is 2.26. The molecule has 0 atom stereocenters. The van der Waals surface area contributed by atoms with Crippen LogP contribution in [0, 0.1) is 16.0 Å². The Morgan fingerprint density at radius 3 is 2.50 bits per heavy atom. The fraction of sp³-hybridized carbons (Fsp3) is 0.364. The van der Waals surface area contributed by atoms with Crippen molar-refractivity contribution in [3.8, 4) is 0 Å². The van der Waals surface area contributed by atoms with Gasteiger partial charge in [0.15, 0.2) is 5.78 Å². The van der Waals surface area contributed by atoms with Gasteiger partial charge in [-0.05, 0) is 12.1 Å². The maximum Gasteiger partial charge on any atom is 0.293 e. The molecule has 0 radical (unpaired) electrons. The zero-order chi connectivity index (χ0) is 12.3. The molecule has 1 N–H and O–H groups in total. The number of anilines is 1. The number of nitrogens with zero attached hydrogens (tertiary/aromatic N) is 1. The molecule has 0 aliphatic heterocycles. The number of rotatable bonds is 4. The van der Waals surface area contributed by atoms with Crippen LogP contribution in [0.15, 0.2) is 18.2 Å². The topological polar surface area (TPSA) is 72.2 Å². The van der Waals surface area contributed by atoms with Gasteiger partial charge < -0.3 is 5.32 Å². The van der Waals surface area contributed by atoms with Gasteiger partial charge in [0.25, 0.3) is 5.69 Å². The molecule has 5 heteroatoms. The minimum absolute atomic E-state index is 0.0750. The van der Waals surface area contributed by atoms with Gasteiger partial charge in [0.1, 0.15) is 5.69 Å². The molecule has 16 heavy (non-hydrogen) atoms. The van der Waals surface area contributed by atoms with E-state index in [0.717, 1.165) is 0 Å². The van der Waals surface area contributed by atoms with E-state index in [1.54, 1.807) is 33.0 Å². The smallest absolute Gasteiger partial charge is 0.293 e. The first kappa shape index (κ1) is 12.2. The largest absolute Gasteiger partial charge is 0.383 e. The van der Waals surface area contributed by atoms with Gasteiger partial charge in [-0.2, -0.15) is 0 Å². The third-order valence-electron chi connectivity index (χ3n) is 2.27. The number of ketones is 1. The Morgan fingerprint density at radius 2 is 2.06 bits per heavy atom. The molecule has 0 bridgehead atoms. The van der Waals surface area contributed by atoms with Crippen molar-refractivity contribution >= 4 is 17.2 Å². The quantitative estimate of drug-likeness (QED) is 0.482. The number of nitrogens with one attached hydrogen (secondary N) is 1. The number of hydrogen-bond acceptors (Lipinski definition) is 4. The summed E-state index contributed by atoms with van der Waals surface area (Å²) in [5.41, 5.74) is 0.708. The second-order valence-corrected chi connectivity index (χ2v) is 3.76. The van der Waals surface area contributed by atoms with E-state index in [2.05, 4.69) is 5.32 Å². The third-order valence-corrected chi connectivity index (χ3v) is 2.27. The Bertz CT molecular complexity index is 427. The van der Waals surface area contributed by atoms with Crippen LogP contribution in [0.1, 0.15) is 24.2 Å². The van der Waals surface area contributed by atoms with Crippen LogP contribution in [0.5, 0.6) is 0 Å². The van der Waals surface area contributed by atoms with Crippen LogP contribution in [0.25, 0.3) is 0 Å². The summed E-state index contributed by atoms with van der Waals surface area (Å²) in [6.07, 6.45) is 0. The van der Waals surface area contributed by atoms with Gasteiger partial charge in [0, 0.05) is 24.6 Å². The monoisotopic (exact) mass is 222 g/mol. The van der Waals surface area contributed by atoms with Crippen molar-refractivity contribution < 1.29 is 9.72 Å². The zero-order valence-electron chi connectivity index (χ0n) is 9.48. The number of benzene rings is 1. The first-order chi connectivity index (χ1) is 7.47. The van der Waals surface area contributed by atoms with Crippen molar-refractivity contribution in [2.75, 3.05) is 12.4 Å². The van der Waals surface area contributed by atoms with E-state index in [4.69, 9.17) is 0 Å². The molecule has 0 saturated heterocycles. The van der Waals surface area contributed by atoms with Gasteiger partial charge in [0.2, 0.25) is 0 Å². The highest BCUT2D eigenvalue weighted by Crippen LogP contribution is 2.26. The molecule has 0 heterocycles. The van der Waals surface area contributed by atoms with Gasteiger partial charge in [-0.25, -0.2) is 0 Å². The molecule has 0 spiro atoms. The molecule has 0 fully saturated rings. The van der Waals surface area contributed by atoms with Crippen LogP contribution < -0.4 is 5.32 Å². The van der Waals surface area contributed by atoms with E-state index in [9.17, 15) is 14.9 Å². The highest BCUT2D eigenvalue weighted by molar-refractivity contribution is 5.98. The lowest BCUT2D eigenvalue weighted by molar-refractivity contribution is -0.384. The Balaban J connectivity index is 3.22. The summed E-state index contributed by atoms with van der Waals surface area (Å²) >= 11 is 0. The first-order valence-electron chi connectivity index (χ1n) is 4.97. The SMILES string of the molecule is CNc1ccc(C(=O)C(C)C)cc1[N+](=O)[O-]. The van der Waals surface area contributed by atoms with E-state index in [0.29, 0.717) is 11.3 Å². The molecule has 86 valence electrons. The lowest BCUT2D eigenvalue weighted by atomic mass is 10.0. The van der Waals surface area contributed by atoms with Gasteiger partial charge in [-0.1, -0.05) is 13.8 Å². The molecule has 1 aromatic carbocycles. The van der Waals surface area contributed by atoms with Crippen LogP contribution in [0.2, 0.25) is 0 Å². The molecule has 0 saturated carbocycles. The molecular weight excluding hydrogens is 208 g/mol. The van der Waals surface area contributed by atoms with E-state index in [1.165, 1.54) is 6.07 Å². The highest BCUT2D eigenvalue weighted by Gasteiger charge is 2.18. The van der Waals surface area contributed by atoms with Crippen molar-refractivity contribution in [1.82, 2.24) is 0 Å². The lowest BCUT2D eigenvalue weighted by Gasteiger charge is -2.06. The Kier molecular flexibility index (Phi) is 3.60. The standard InChI is InChI=1S/C11H14N2O3/c1-7(2)11(14)8-4-5-9(12-3)10(6-8)13(15)16/h4-7,12H,1-3H3. The van der Waals surface area contributed by atoms with Gasteiger partial charge in [-0.3, -0.25) is 14.9 Å². The third kappa shape index (κ3) is 2.36. The van der Waals surface area contributed by atoms with Crippen molar-refractivity contribution in [2.45, 2.75) is 13.8 Å². The number of hydrogen-bond donors (Lipinski definition) is 1. The summed E-state index contributed by atoms with van der Waals surface area (Å²) in [7, 11) is 1.60. The van der Waals surface area contributed by atoms with E-state index < -0.39 is 4.92 Å². The summed E-state index contributed by atoms with van der Waals surface area (Å²) in [6.45, 7) is 3.53. The van der Waals surface area contributed by atoms with Crippen LogP contribution in [0.4, 0.5) is 11.4 Å². The predicted octanol–water partition coefficient (Wildman–Crippen LogP) is 2.48. The Morgan fingerprint density at radius 1 is 1.44 bits per heavy atom. The van der Waals surface area contributed by atoms with Crippen LogP contribution in [-0.2, 0) is 0 Å². The van der Waals surface area contributed by atoms with E-state index in [1.807, 2.05) is 0 Å². The minimum atomic E-state index is -0.497. The number of carbonyl (C=O) groups excluding carboxylic acids is 1. The normalized spacial score (nSPS) is 10.2. The Hall–Kier alpha value is -1.91. The van der Waals surface area contributed by atoms with Crippen LogP contribution >= 0.6 is 0 Å². The molecule has 5 nitrogen and oxygen atoms in total. The predicted molar refractivity (Wildman–Crippen MR) is 61.8 cm³/mol. The average molecular weight is 222 g/mol. The van der Waals surface area contributed by atoms with E-state index >= 15 is 0 Å². The van der Waals surface area contributed by atoms with E-state index in [-0.39, 0.29) is 17.4 Å². The summed E-state index contributed by atoms with van der Waals surface area (Å²) in [5.74, 6) is -0.259. The molecule has 0 amide bonds. The molecule has 0 unspecified atom stereocenters. The Labute approximate surface area is 93.6 Å². The number of carbonyl (C=O) groups is 1. The minimum Gasteiger partial charge on any atom is -0.383 e. The van der Waals surface area contributed by atoms with Crippen molar-refractivity contribution in [1.29, 1.82) is 0 Å². The highest BCUT2D eigenvalue weighted by atomic mass is 16.6. The lowest BCUT2D eigenvalue weighted by Crippen LogP contribution is -2.08. The molecule has 0 aromatic heterocycles. The zero-order valence-corrected chi connectivity index (χ0v) is 9.48. The maximum absolute atomic E-state index is 11.7. The molecular formula is C11H14N2O3. The summed E-state index contributed by atoms with van der Waals surface area (Å²) < 4.78 is 0. The molecule has 1 aromatic rings. The van der Waals surface area contributed by atoms with Crippen molar-refractivity contribution in [3.63, 3.8) is 0 Å². The van der Waals surface area contributed by atoms with Crippen LogP contribution in [-0.4, -0.2) is 17.8 Å². The summed E-state index contributed by atoms with van der Waals surface area (Å²) in [4.78, 5) is 22.0. The molecule has 0 aliphatic rings. The fourth-order valence-corrected chi connectivity index (χ4v) is 1.38. The van der Waals surface area contributed by atoms with Gasteiger partial charge >= 0.3 is 0 Å². The number of nitro benzene ring substituents is 1. The fourth-order valence-electron chi connectivity index (χ4n) is 1.38. The summed E-state index contributed by atoms with van der Waals surface area (Å²) in [6, 6.07) is 4.46. The summed E-state index contributed by atoms with van der Waals surface area (Å²) in [5, 5.41) is 13.5. The van der Waals surface area contributed by atoms with Gasteiger partial charge in [0.05, 0.1) is 4.92 Å². The number of Topliss-reactive ketones (excluding diaryl/α,β-unsaturated/α-hetero) is 1. The number of nitro groups is 1.